The number of benzene rings is 1. The van der Waals surface area contributed by atoms with Crippen molar-refractivity contribution in [3.8, 4) is 0 Å². The van der Waals surface area contributed by atoms with Crippen LogP contribution in [0, 0.1) is 0 Å². The van der Waals surface area contributed by atoms with Gasteiger partial charge in [0, 0.05) is 62.5 Å². The van der Waals surface area contributed by atoms with Gasteiger partial charge in [-0.1, -0.05) is 30.6 Å². The van der Waals surface area contributed by atoms with Crippen molar-refractivity contribution in [3.05, 3.63) is 46.3 Å². The third kappa shape index (κ3) is 5.91. The lowest BCUT2D eigenvalue weighted by atomic mass is 10.1. The molecule has 3 rings (SSSR count). The highest BCUT2D eigenvalue weighted by Gasteiger charge is 2.21. The minimum absolute atomic E-state index is 0.0622. The van der Waals surface area contributed by atoms with Gasteiger partial charge in [-0.05, 0) is 30.7 Å². The third-order valence-electron chi connectivity index (χ3n) is 5.49. The summed E-state index contributed by atoms with van der Waals surface area (Å²) in [6.45, 7) is 7.84. The van der Waals surface area contributed by atoms with E-state index in [0.717, 1.165) is 53.7 Å². The number of hydrogen-bond acceptors (Lipinski definition) is 5. The Bertz CT molecular complexity index is 866. The fourth-order valence-electron chi connectivity index (χ4n) is 3.67. The van der Waals surface area contributed by atoms with Crippen LogP contribution in [0.4, 0.5) is 5.69 Å². The van der Waals surface area contributed by atoms with Crippen LogP contribution in [0.3, 0.4) is 0 Å². The van der Waals surface area contributed by atoms with E-state index in [0.29, 0.717) is 25.6 Å². The summed E-state index contributed by atoms with van der Waals surface area (Å²) in [7, 11) is 1.69. The van der Waals surface area contributed by atoms with E-state index in [9.17, 15) is 4.79 Å². The largest absolute Gasteiger partial charge is 0.368 e. The van der Waals surface area contributed by atoms with Crippen molar-refractivity contribution in [2.45, 2.75) is 33.2 Å². The quantitative estimate of drug-likeness (QED) is 0.502. The van der Waals surface area contributed by atoms with E-state index >= 15 is 0 Å². The van der Waals surface area contributed by atoms with Gasteiger partial charge in [0.1, 0.15) is 5.76 Å². The molecule has 8 nitrogen and oxygen atoms in total. The number of aryl methyl sites for hydroxylation is 2. The molecule has 1 amide bonds. The average Bonchev–Trinajstić information content (AvgIpc) is 3.21. The lowest BCUT2D eigenvalue weighted by Gasteiger charge is -2.36. The van der Waals surface area contributed by atoms with Crippen molar-refractivity contribution >= 4 is 29.2 Å². The zero-order chi connectivity index (χ0) is 22.2. The number of carbonyl (C=O) groups is 1. The van der Waals surface area contributed by atoms with Crippen molar-refractivity contribution in [1.82, 2.24) is 20.7 Å². The molecule has 168 valence electrons. The van der Waals surface area contributed by atoms with Crippen molar-refractivity contribution in [1.29, 1.82) is 0 Å². The number of hydrogen-bond donors (Lipinski definition) is 2. The van der Waals surface area contributed by atoms with Crippen LogP contribution in [-0.2, 0) is 24.2 Å². The molecule has 1 fully saturated rings. The Morgan fingerprint density at radius 3 is 2.45 bits per heavy atom. The fraction of sp³-hybridized carbons (Fsp3) is 0.500. The Morgan fingerprint density at radius 2 is 1.84 bits per heavy atom. The number of aliphatic imine (C=N–C) groups is 1. The van der Waals surface area contributed by atoms with Gasteiger partial charge in [0.15, 0.2) is 5.96 Å². The van der Waals surface area contributed by atoms with Crippen LogP contribution in [0.25, 0.3) is 0 Å². The lowest BCUT2D eigenvalue weighted by Crippen LogP contribution is -2.52. The van der Waals surface area contributed by atoms with Gasteiger partial charge in [-0.25, -0.2) is 0 Å². The number of guanidine groups is 1. The van der Waals surface area contributed by atoms with E-state index < -0.39 is 0 Å². The van der Waals surface area contributed by atoms with Gasteiger partial charge < -0.3 is 25.0 Å². The second-order valence-corrected chi connectivity index (χ2v) is 7.80. The molecule has 0 radical (unpaired) electrons. The summed E-state index contributed by atoms with van der Waals surface area (Å²) in [5.74, 6) is 1.53. The molecule has 1 aliphatic rings. The number of halogens is 1. The molecule has 1 aromatic carbocycles. The maximum Gasteiger partial charge on any atom is 0.242 e. The summed E-state index contributed by atoms with van der Waals surface area (Å²) in [6, 6.07) is 7.81. The Morgan fingerprint density at radius 1 is 1.13 bits per heavy atom. The van der Waals surface area contributed by atoms with Crippen LogP contribution in [0.15, 0.2) is 33.8 Å². The highest BCUT2D eigenvalue weighted by atomic mass is 35.5. The van der Waals surface area contributed by atoms with Gasteiger partial charge in [-0.3, -0.25) is 9.79 Å². The number of nitrogens with one attached hydrogen (secondary N) is 2. The topological polar surface area (TPSA) is 86.0 Å². The molecule has 0 spiro atoms. The number of piperazine rings is 1. The van der Waals surface area contributed by atoms with E-state index in [1.54, 1.807) is 7.05 Å². The molecule has 1 aromatic heterocycles. The van der Waals surface area contributed by atoms with Crippen molar-refractivity contribution in [3.63, 3.8) is 0 Å². The molecule has 2 aromatic rings. The van der Waals surface area contributed by atoms with Crippen LogP contribution in [-0.4, -0.2) is 61.7 Å². The first-order valence-electron chi connectivity index (χ1n) is 10.7. The minimum atomic E-state index is 0.0622. The Balaban J connectivity index is 1.45. The van der Waals surface area contributed by atoms with Gasteiger partial charge >= 0.3 is 0 Å². The van der Waals surface area contributed by atoms with Crippen LogP contribution in [0.2, 0.25) is 5.02 Å². The highest BCUT2D eigenvalue weighted by molar-refractivity contribution is 6.30. The van der Waals surface area contributed by atoms with Crippen LogP contribution >= 0.6 is 11.6 Å². The molecule has 0 aliphatic carbocycles. The number of carbonyl (C=O) groups excluding carboxylic acids is 1. The zero-order valence-corrected chi connectivity index (χ0v) is 19.2. The van der Waals surface area contributed by atoms with E-state index in [1.165, 1.54) is 0 Å². The smallest absolute Gasteiger partial charge is 0.242 e. The van der Waals surface area contributed by atoms with Gasteiger partial charge in [0.2, 0.25) is 5.91 Å². The molecular weight excluding hydrogens is 416 g/mol. The molecule has 1 saturated heterocycles. The summed E-state index contributed by atoms with van der Waals surface area (Å²) in [5, 5.41) is 11.2. The maximum absolute atomic E-state index is 12.7. The van der Waals surface area contributed by atoms with E-state index in [-0.39, 0.29) is 12.5 Å². The fourth-order valence-corrected chi connectivity index (χ4v) is 3.79. The highest BCUT2D eigenvalue weighted by Crippen LogP contribution is 2.19. The lowest BCUT2D eigenvalue weighted by molar-refractivity contribution is -0.130. The number of anilines is 1. The molecule has 0 atom stereocenters. The van der Waals surface area contributed by atoms with Crippen molar-refractivity contribution < 1.29 is 9.32 Å². The summed E-state index contributed by atoms with van der Waals surface area (Å²) in [5.41, 5.74) is 3.15. The monoisotopic (exact) mass is 446 g/mol. The van der Waals surface area contributed by atoms with Crippen LogP contribution < -0.4 is 15.5 Å². The second-order valence-electron chi connectivity index (χ2n) is 7.36. The van der Waals surface area contributed by atoms with Crippen molar-refractivity contribution in [2.24, 2.45) is 4.99 Å². The Kier molecular flexibility index (Phi) is 8.17. The predicted octanol–water partition coefficient (Wildman–Crippen LogP) is 2.47. The number of amides is 1. The molecule has 2 N–H and O–H groups in total. The first-order valence-corrected chi connectivity index (χ1v) is 11.1. The summed E-state index contributed by atoms with van der Waals surface area (Å²) in [4.78, 5) is 21.0. The second kappa shape index (κ2) is 11.0. The van der Waals surface area contributed by atoms with E-state index in [1.807, 2.05) is 36.1 Å². The predicted molar refractivity (Wildman–Crippen MR) is 124 cm³/mol. The normalized spacial score (nSPS) is 14.6. The van der Waals surface area contributed by atoms with E-state index in [2.05, 4.69) is 32.6 Å². The van der Waals surface area contributed by atoms with Crippen LogP contribution in [0.1, 0.15) is 30.9 Å². The standard InChI is InChI=1S/C22H31ClN6O2/c1-4-19-18(20(5-2)31-27-19)14-25-22(24-3)26-15-21(30)29-12-10-28(11-13-29)17-8-6-16(23)7-9-17/h6-9H,4-5,10-15H2,1-3H3,(H2,24,25,26). The maximum atomic E-state index is 12.7. The molecule has 0 unspecified atom stereocenters. The van der Waals surface area contributed by atoms with Gasteiger partial charge in [0.25, 0.3) is 0 Å². The SMILES string of the molecule is CCc1noc(CC)c1CNC(=NC)NCC(=O)N1CCN(c2ccc(Cl)cc2)CC1. The average molecular weight is 447 g/mol. The van der Waals surface area contributed by atoms with Gasteiger partial charge in [-0.2, -0.15) is 0 Å². The molecule has 0 bridgehead atoms. The summed E-state index contributed by atoms with van der Waals surface area (Å²) < 4.78 is 5.40. The molecule has 9 heteroatoms. The van der Waals surface area contributed by atoms with Crippen molar-refractivity contribution in [2.75, 3.05) is 44.7 Å². The molecular formula is C22H31ClN6O2. The number of rotatable bonds is 7. The Labute approximate surface area is 188 Å². The summed E-state index contributed by atoms with van der Waals surface area (Å²) in [6.07, 6.45) is 1.60. The molecule has 0 saturated carbocycles. The van der Waals surface area contributed by atoms with E-state index in [4.69, 9.17) is 16.1 Å². The van der Waals surface area contributed by atoms with Crippen LogP contribution in [0.5, 0.6) is 0 Å². The summed E-state index contributed by atoms with van der Waals surface area (Å²) >= 11 is 5.97. The van der Waals surface area contributed by atoms with Gasteiger partial charge in [0.05, 0.1) is 12.2 Å². The molecule has 1 aliphatic heterocycles. The Hall–Kier alpha value is -2.74. The number of nitrogens with zero attached hydrogens (tertiary/aromatic N) is 4. The third-order valence-corrected chi connectivity index (χ3v) is 5.75. The molecule has 31 heavy (non-hydrogen) atoms. The first-order chi connectivity index (χ1) is 15.0. The van der Waals surface area contributed by atoms with Gasteiger partial charge in [-0.15, -0.1) is 0 Å². The minimum Gasteiger partial charge on any atom is -0.368 e. The zero-order valence-electron chi connectivity index (χ0n) is 18.4. The first kappa shape index (κ1) is 22.9. The number of aromatic nitrogens is 1. The molecule has 2 heterocycles.